The molecule has 0 saturated carbocycles. The summed E-state index contributed by atoms with van der Waals surface area (Å²) in [5.41, 5.74) is -0.663. The molecule has 27 heavy (non-hydrogen) atoms. The molecule has 8 nitrogen and oxygen atoms in total. The second-order valence-corrected chi connectivity index (χ2v) is 8.34. The average molecular weight is 396 g/mol. The lowest BCUT2D eigenvalue weighted by Gasteiger charge is -2.18. The maximum absolute atomic E-state index is 12.2. The topological polar surface area (TPSA) is 107 Å². The number of hydrogen-bond donors (Lipinski definition) is 2. The number of benzene rings is 1. The summed E-state index contributed by atoms with van der Waals surface area (Å²) in [6.45, 7) is 5.55. The number of nitrogens with one attached hydrogen (secondary N) is 2. The lowest BCUT2D eigenvalue weighted by Crippen LogP contribution is -2.40. The number of ether oxygens (including phenoxy) is 2. The molecule has 1 aromatic carbocycles. The first-order valence-corrected chi connectivity index (χ1v) is 9.78. The van der Waals surface area contributed by atoms with Crippen molar-refractivity contribution in [3.8, 4) is 11.5 Å². The van der Waals surface area contributed by atoms with Crippen molar-refractivity contribution < 1.29 is 27.1 Å². The van der Waals surface area contributed by atoms with Crippen LogP contribution in [0, 0.1) is 0 Å². The highest BCUT2D eigenvalue weighted by atomic mass is 32.2. The van der Waals surface area contributed by atoms with Gasteiger partial charge in [0.05, 0.1) is 13.7 Å². The minimum atomic E-state index is -3.83. The third-order valence-corrected chi connectivity index (χ3v) is 4.86. The Morgan fingerprint density at radius 3 is 2.41 bits per heavy atom. The van der Waals surface area contributed by atoms with Crippen LogP contribution in [0.2, 0.25) is 0 Å². The van der Waals surface area contributed by atoms with Gasteiger partial charge in [0.1, 0.15) is 6.61 Å². The zero-order chi connectivity index (χ0) is 20.1. The molecule has 0 saturated heterocycles. The van der Waals surface area contributed by atoms with Crippen LogP contribution in [0.3, 0.4) is 0 Å². The van der Waals surface area contributed by atoms with Gasteiger partial charge in [-0.1, -0.05) is 12.1 Å². The highest BCUT2D eigenvalue weighted by Crippen LogP contribution is 2.25. The number of carbonyl (C=O) groups excluding carboxylic acids is 1. The van der Waals surface area contributed by atoms with Crippen LogP contribution >= 0.6 is 0 Å². The van der Waals surface area contributed by atoms with Crippen LogP contribution in [0.4, 0.5) is 0 Å². The molecule has 0 unspecified atom stereocenters. The number of carbonyl (C=O) groups is 1. The van der Waals surface area contributed by atoms with Crippen molar-refractivity contribution in [3.05, 3.63) is 42.2 Å². The molecule has 2 N–H and O–H groups in total. The van der Waals surface area contributed by atoms with E-state index in [9.17, 15) is 13.2 Å². The van der Waals surface area contributed by atoms with E-state index >= 15 is 0 Å². The van der Waals surface area contributed by atoms with E-state index < -0.39 is 21.5 Å². The molecular weight excluding hydrogens is 372 g/mol. The van der Waals surface area contributed by atoms with E-state index in [0.29, 0.717) is 11.5 Å². The van der Waals surface area contributed by atoms with Gasteiger partial charge in [0.25, 0.3) is 15.9 Å². The minimum absolute atomic E-state index is 0.0958. The lowest BCUT2D eigenvalue weighted by atomic mass is 10.1. The lowest BCUT2D eigenvalue weighted by molar-refractivity contribution is 0.0913. The number of furan rings is 1. The summed E-state index contributed by atoms with van der Waals surface area (Å²) >= 11 is 0. The summed E-state index contributed by atoms with van der Waals surface area (Å²) in [7, 11) is -2.29. The summed E-state index contributed by atoms with van der Waals surface area (Å²) in [4.78, 5) is 12.1. The Balaban J connectivity index is 1.89. The standard InChI is InChI=1S/C18H24N2O6S/c1-18(2,3)20-27(22,23)16-10-9-15(26-16)17(21)19-11-12-25-14-8-6-5-7-13(14)24-4/h5-10,20H,11-12H2,1-4H3,(H,19,21). The van der Waals surface area contributed by atoms with Crippen LogP contribution in [0.25, 0.3) is 0 Å². The fourth-order valence-electron chi connectivity index (χ4n) is 2.19. The molecule has 0 fully saturated rings. The van der Waals surface area contributed by atoms with Crippen LogP contribution in [-0.2, 0) is 10.0 Å². The summed E-state index contributed by atoms with van der Waals surface area (Å²) in [5, 5.41) is 2.29. The van der Waals surface area contributed by atoms with Gasteiger partial charge in [-0.15, -0.1) is 0 Å². The smallest absolute Gasteiger partial charge is 0.287 e. The molecule has 1 aromatic heterocycles. The Morgan fingerprint density at radius 1 is 1.11 bits per heavy atom. The predicted molar refractivity (Wildman–Crippen MR) is 99.6 cm³/mol. The molecule has 0 aliphatic rings. The normalized spacial score (nSPS) is 11.9. The highest BCUT2D eigenvalue weighted by Gasteiger charge is 2.26. The van der Waals surface area contributed by atoms with Gasteiger partial charge in [-0.3, -0.25) is 4.79 Å². The fourth-order valence-corrected chi connectivity index (χ4v) is 3.54. The van der Waals surface area contributed by atoms with Crippen LogP contribution in [0.15, 0.2) is 45.9 Å². The Labute approximate surface area is 158 Å². The molecule has 148 valence electrons. The van der Waals surface area contributed by atoms with Crippen LogP contribution in [0.5, 0.6) is 11.5 Å². The number of amides is 1. The number of para-hydroxylation sites is 2. The van der Waals surface area contributed by atoms with Gasteiger partial charge >= 0.3 is 0 Å². The highest BCUT2D eigenvalue weighted by molar-refractivity contribution is 7.89. The molecule has 0 aliphatic heterocycles. The summed E-state index contributed by atoms with van der Waals surface area (Å²) in [6, 6.07) is 9.72. The predicted octanol–water partition coefficient (Wildman–Crippen LogP) is 2.17. The quantitative estimate of drug-likeness (QED) is 0.663. The van der Waals surface area contributed by atoms with E-state index in [1.807, 2.05) is 12.1 Å². The molecule has 1 amide bonds. The largest absolute Gasteiger partial charge is 0.493 e. The van der Waals surface area contributed by atoms with Crippen molar-refractivity contribution >= 4 is 15.9 Å². The maximum atomic E-state index is 12.2. The van der Waals surface area contributed by atoms with Crippen LogP contribution in [-0.4, -0.2) is 40.1 Å². The Kier molecular flexibility index (Phi) is 6.50. The first-order chi connectivity index (χ1) is 12.6. The average Bonchev–Trinajstić information content (AvgIpc) is 3.08. The summed E-state index contributed by atoms with van der Waals surface area (Å²) in [6.07, 6.45) is 0. The van der Waals surface area contributed by atoms with Crippen molar-refractivity contribution in [2.24, 2.45) is 0 Å². The molecule has 2 aromatic rings. The third kappa shape index (κ3) is 6.00. The van der Waals surface area contributed by atoms with E-state index in [2.05, 4.69) is 10.0 Å². The molecule has 2 rings (SSSR count). The molecule has 9 heteroatoms. The van der Waals surface area contributed by atoms with Gasteiger partial charge in [0.15, 0.2) is 17.3 Å². The van der Waals surface area contributed by atoms with E-state index in [1.165, 1.54) is 12.1 Å². The van der Waals surface area contributed by atoms with Crippen LogP contribution in [0.1, 0.15) is 31.3 Å². The van der Waals surface area contributed by atoms with Crippen LogP contribution < -0.4 is 19.5 Å². The molecule has 0 aliphatic carbocycles. The zero-order valence-electron chi connectivity index (χ0n) is 15.7. The zero-order valence-corrected chi connectivity index (χ0v) is 16.6. The molecule has 0 bridgehead atoms. The van der Waals surface area contributed by atoms with Crippen molar-refractivity contribution in [2.45, 2.75) is 31.4 Å². The van der Waals surface area contributed by atoms with E-state index in [-0.39, 0.29) is 24.0 Å². The van der Waals surface area contributed by atoms with Gasteiger partial charge in [-0.05, 0) is 45.0 Å². The van der Waals surface area contributed by atoms with Gasteiger partial charge in [-0.2, -0.15) is 0 Å². The monoisotopic (exact) mass is 396 g/mol. The Bertz CT molecular complexity index is 883. The van der Waals surface area contributed by atoms with Crippen molar-refractivity contribution in [2.75, 3.05) is 20.3 Å². The van der Waals surface area contributed by atoms with Gasteiger partial charge in [-0.25, -0.2) is 13.1 Å². The molecular formula is C18H24N2O6S. The number of sulfonamides is 1. The number of rotatable bonds is 8. The molecule has 1 heterocycles. The summed E-state index contributed by atoms with van der Waals surface area (Å²) < 4.78 is 42.8. The second-order valence-electron chi connectivity index (χ2n) is 6.73. The van der Waals surface area contributed by atoms with Crippen molar-refractivity contribution in [1.82, 2.24) is 10.0 Å². The Hall–Kier alpha value is -2.52. The number of hydrogen-bond acceptors (Lipinski definition) is 6. The van der Waals surface area contributed by atoms with E-state index in [4.69, 9.17) is 13.9 Å². The third-order valence-electron chi connectivity index (χ3n) is 3.22. The SMILES string of the molecule is COc1ccccc1OCCNC(=O)c1ccc(S(=O)(=O)NC(C)(C)C)o1. The Morgan fingerprint density at radius 2 is 1.78 bits per heavy atom. The van der Waals surface area contributed by atoms with Gasteiger partial charge in [0.2, 0.25) is 5.09 Å². The molecule has 0 atom stereocenters. The van der Waals surface area contributed by atoms with Gasteiger partial charge < -0.3 is 19.2 Å². The van der Waals surface area contributed by atoms with E-state index in [1.54, 1.807) is 40.0 Å². The minimum Gasteiger partial charge on any atom is -0.493 e. The second kappa shape index (κ2) is 8.45. The fraction of sp³-hybridized carbons (Fsp3) is 0.389. The number of methoxy groups -OCH3 is 1. The van der Waals surface area contributed by atoms with E-state index in [0.717, 1.165) is 0 Å². The maximum Gasteiger partial charge on any atom is 0.287 e. The first-order valence-electron chi connectivity index (χ1n) is 8.30. The van der Waals surface area contributed by atoms with Gasteiger partial charge in [0, 0.05) is 5.54 Å². The van der Waals surface area contributed by atoms with Crippen molar-refractivity contribution in [1.29, 1.82) is 0 Å². The summed E-state index contributed by atoms with van der Waals surface area (Å²) in [5.74, 6) is 0.530. The molecule has 0 radical (unpaired) electrons. The van der Waals surface area contributed by atoms with Crippen molar-refractivity contribution in [3.63, 3.8) is 0 Å². The first kappa shape index (κ1) is 20.8. The molecule has 0 spiro atoms.